The van der Waals surface area contributed by atoms with E-state index in [0.717, 1.165) is 12.8 Å². The molecule has 0 bridgehead atoms. The first-order valence-electron chi connectivity index (χ1n) is 5.33. The van der Waals surface area contributed by atoms with E-state index < -0.39 is 12.7 Å². The predicted molar refractivity (Wildman–Crippen MR) is 57.6 cm³/mol. The van der Waals surface area contributed by atoms with E-state index in [9.17, 15) is 13.2 Å². The Morgan fingerprint density at radius 2 is 1.82 bits per heavy atom. The van der Waals surface area contributed by atoms with E-state index in [1.54, 1.807) is 24.3 Å². The van der Waals surface area contributed by atoms with Gasteiger partial charge in [0.15, 0.2) is 0 Å². The maximum absolute atomic E-state index is 12.4. The minimum atomic E-state index is -4.20. The Hall–Kier alpha value is -1.70. The second-order valence-electron chi connectivity index (χ2n) is 4.13. The zero-order valence-corrected chi connectivity index (χ0v) is 9.04. The van der Waals surface area contributed by atoms with Gasteiger partial charge in [-0.2, -0.15) is 18.4 Å². The van der Waals surface area contributed by atoms with E-state index in [2.05, 4.69) is 0 Å². The number of anilines is 1. The molecular formula is C12H11F3N2. The summed E-state index contributed by atoms with van der Waals surface area (Å²) in [6, 6.07) is 8.17. The normalized spacial score (nSPS) is 15.4. The quantitative estimate of drug-likeness (QED) is 0.811. The van der Waals surface area contributed by atoms with Crippen molar-refractivity contribution in [2.45, 2.75) is 25.1 Å². The van der Waals surface area contributed by atoms with Crippen molar-refractivity contribution in [2.75, 3.05) is 11.4 Å². The summed E-state index contributed by atoms with van der Waals surface area (Å²) in [6.07, 6.45) is -2.59. The van der Waals surface area contributed by atoms with Crippen LogP contribution in [0.15, 0.2) is 24.3 Å². The zero-order chi connectivity index (χ0) is 12.5. The molecule has 1 aromatic carbocycles. The van der Waals surface area contributed by atoms with Crippen molar-refractivity contribution in [1.82, 2.24) is 0 Å². The first-order chi connectivity index (χ1) is 7.99. The molecule has 0 aliphatic heterocycles. The average molecular weight is 240 g/mol. The van der Waals surface area contributed by atoms with Crippen molar-refractivity contribution in [3.8, 4) is 6.07 Å². The Morgan fingerprint density at radius 3 is 2.24 bits per heavy atom. The van der Waals surface area contributed by atoms with Gasteiger partial charge in [0.2, 0.25) is 0 Å². The highest BCUT2D eigenvalue weighted by Crippen LogP contribution is 2.34. The summed E-state index contributed by atoms with van der Waals surface area (Å²) in [5, 5.41) is 8.63. The van der Waals surface area contributed by atoms with Crippen LogP contribution in [0.25, 0.3) is 0 Å². The number of rotatable bonds is 3. The molecule has 1 aliphatic carbocycles. The summed E-state index contributed by atoms with van der Waals surface area (Å²) in [4.78, 5) is 1.36. The van der Waals surface area contributed by atoms with E-state index in [4.69, 9.17) is 5.26 Å². The molecule has 0 unspecified atom stereocenters. The minimum Gasteiger partial charge on any atom is -0.360 e. The first-order valence-corrected chi connectivity index (χ1v) is 5.33. The lowest BCUT2D eigenvalue weighted by molar-refractivity contribution is -0.120. The third-order valence-corrected chi connectivity index (χ3v) is 2.67. The summed E-state index contributed by atoms with van der Waals surface area (Å²) in [6.45, 7) is -0.927. The molecule has 1 fully saturated rings. The van der Waals surface area contributed by atoms with Crippen molar-refractivity contribution in [2.24, 2.45) is 0 Å². The van der Waals surface area contributed by atoms with Crippen molar-refractivity contribution >= 4 is 5.69 Å². The molecule has 1 aromatic rings. The maximum Gasteiger partial charge on any atom is 0.405 e. The summed E-state index contributed by atoms with van der Waals surface area (Å²) in [5.41, 5.74) is 0.986. The predicted octanol–water partition coefficient (Wildman–Crippen LogP) is 3.09. The van der Waals surface area contributed by atoms with Gasteiger partial charge in [-0.15, -0.1) is 0 Å². The fraction of sp³-hybridized carbons (Fsp3) is 0.417. The Kier molecular flexibility index (Phi) is 2.97. The Balaban J connectivity index is 2.18. The molecule has 2 rings (SSSR count). The highest BCUT2D eigenvalue weighted by Gasteiger charge is 2.38. The molecule has 90 valence electrons. The number of alkyl halides is 3. The number of nitrogens with zero attached hydrogens (tertiary/aromatic N) is 2. The van der Waals surface area contributed by atoms with E-state index in [-0.39, 0.29) is 6.04 Å². The molecule has 0 radical (unpaired) electrons. The largest absolute Gasteiger partial charge is 0.405 e. The van der Waals surface area contributed by atoms with Crippen LogP contribution in [-0.2, 0) is 0 Å². The molecule has 1 saturated carbocycles. The van der Waals surface area contributed by atoms with Gasteiger partial charge in [0.1, 0.15) is 6.54 Å². The fourth-order valence-electron chi connectivity index (χ4n) is 1.74. The van der Waals surface area contributed by atoms with E-state index in [0.29, 0.717) is 11.3 Å². The molecule has 0 aromatic heterocycles. The summed E-state index contributed by atoms with van der Waals surface area (Å²) < 4.78 is 37.3. The second kappa shape index (κ2) is 4.28. The van der Waals surface area contributed by atoms with Crippen molar-refractivity contribution in [3.63, 3.8) is 0 Å². The van der Waals surface area contributed by atoms with Gasteiger partial charge >= 0.3 is 6.18 Å². The number of halogens is 3. The molecule has 5 heteroatoms. The molecule has 0 amide bonds. The SMILES string of the molecule is N#Cc1ccc(N(CC(F)(F)F)C2CC2)cc1. The zero-order valence-electron chi connectivity index (χ0n) is 9.04. The van der Waals surface area contributed by atoms with Crippen LogP contribution in [0.4, 0.5) is 18.9 Å². The van der Waals surface area contributed by atoms with Gasteiger partial charge < -0.3 is 4.90 Å². The number of nitriles is 1. The Labute approximate surface area is 97.3 Å². The van der Waals surface area contributed by atoms with E-state index in [1.807, 2.05) is 6.07 Å². The summed E-state index contributed by atoms with van der Waals surface area (Å²) >= 11 is 0. The van der Waals surface area contributed by atoms with Crippen molar-refractivity contribution < 1.29 is 13.2 Å². The van der Waals surface area contributed by atoms with Crippen molar-refractivity contribution in [1.29, 1.82) is 5.26 Å². The van der Waals surface area contributed by atoms with Gasteiger partial charge in [-0.3, -0.25) is 0 Å². The van der Waals surface area contributed by atoms with Crippen LogP contribution >= 0.6 is 0 Å². The van der Waals surface area contributed by atoms with Crippen LogP contribution in [0.1, 0.15) is 18.4 Å². The fourth-order valence-corrected chi connectivity index (χ4v) is 1.74. The van der Waals surface area contributed by atoms with Crippen LogP contribution in [0, 0.1) is 11.3 Å². The second-order valence-corrected chi connectivity index (χ2v) is 4.13. The summed E-state index contributed by atoms with van der Waals surface area (Å²) in [7, 11) is 0. The molecular weight excluding hydrogens is 229 g/mol. The van der Waals surface area contributed by atoms with Crippen LogP contribution in [-0.4, -0.2) is 18.8 Å². The molecule has 2 nitrogen and oxygen atoms in total. The standard InChI is InChI=1S/C12H11F3N2/c13-12(14,15)8-17(11-5-6-11)10-3-1-9(7-16)2-4-10/h1-4,11H,5-6,8H2. The lowest BCUT2D eigenvalue weighted by Crippen LogP contribution is -2.35. The number of hydrogen-bond donors (Lipinski definition) is 0. The topological polar surface area (TPSA) is 27.0 Å². The van der Waals surface area contributed by atoms with Gasteiger partial charge in [-0.05, 0) is 37.1 Å². The van der Waals surface area contributed by atoms with Gasteiger partial charge in [-0.25, -0.2) is 0 Å². The minimum absolute atomic E-state index is 0.00967. The first kappa shape index (κ1) is 11.8. The molecule has 0 heterocycles. The molecule has 0 atom stereocenters. The van der Waals surface area contributed by atoms with E-state index >= 15 is 0 Å². The van der Waals surface area contributed by atoms with Gasteiger partial charge in [-0.1, -0.05) is 0 Å². The van der Waals surface area contributed by atoms with Crippen LogP contribution in [0.3, 0.4) is 0 Å². The monoisotopic (exact) mass is 240 g/mol. The number of hydrogen-bond acceptors (Lipinski definition) is 2. The molecule has 0 spiro atoms. The van der Waals surface area contributed by atoms with Crippen LogP contribution in [0.2, 0.25) is 0 Å². The third kappa shape index (κ3) is 3.13. The van der Waals surface area contributed by atoms with Crippen LogP contribution in [0.5, 0.6) is 0 Å². The highest BCUT2D eigenvalue weighted by molar-refractivity contribution is 5.51. The van der Waals surface area contributed by atoms with Gasteiger partial charge in [0.05, 0.1) is 11.6 Å². The molecule has 17 heavy (non-hydrogen) atoms. The molecule has 0 saturated heterocycles. The lowest BCUT2D eigenvalue weighted by Gasteiger charge is -2.25. The molecule has 0 N–H and O–H groups in total. The summed E-state index contributed by atoms with van der Waals surface area (Å²) in [5.74, 6) is 0. The maximum atomic E-state index is 12.4. The smallest absolute Gasteiger partial charge is 0.360 e. The van der Waals surface area contributed by atoms with Crippen LogP contribution < -0.4 is 4.90 Å². The third-order valence-electron chi connectivity index (χ3n) is 2.67. The molecule has 1 aliphatic rings. The Bertz CT molecular complexity index is 427. The van der Waals surface area contributed by atoms with Gasteiger partial charge in [0, 0.05) is 11.7 Å². The highest BCUT2D eigenvalue weighted by atomic mass is 19.4. The lowest BCUT2D eigenvalue weighted by atomic mass is 10.2. The van der Waals surface area contributed by atoms with Gasteiger partial charge in [0.25, 0.3) is 0 Å². The van der Waals surface area contributed by atoms with E-state index in [1.165, 1.54) is 4.90 Å². The number of benzene rings is 1. The average Bonchev–Trinajstić information content (AvgIpc) is 3.09. The Morgan fingerprint density at radius 1 is 1.24 bits per heavy atom. The van der Waals surface area contributed by atoms with Crippen molar-refractivity contribution in [3.05, 3.63) is 29.8 Å².